The summed E-state index contributed by atoms with van der Waals surface area (Å²) >= 11 is 0. The molecule has 3 N–H and O–H groups in total. The van der Waals surface area contributed by atoms with Crippen molar-refractivity contribution in [2.24, 2.45) is 5.73 Å². The first kappa shape index (κ1) is 20.1. The molecule has 0 bridgehead atoms. The molecule has 2 rings (SSSR count). The second-order valence-corrected chi connectivity index (χ2v) is 8.24. The number of benzene rings is 2. The maximum atomic E-state index is 13.0. The molecule has 1 amide bonds. The fourth-order valence-electron chi connectivity index (χ4n) is 2.55. The Kier molecular flexibility index (Phi) is 6.94. The number of hydrogen-bond acceptors (Lipinski definition) is 4. The predicted molar refractivity (Wildman–Crippen MR) is 104 cm³/mol. The average Bonchev–Trinajstić information content (AvgIpc) is 2.66. The molecule has 0 aromatic heterocycles. The van der Waals surface area contributed by atoms with Crippen LogP contribution in [0.1, 0.15) is 38.7 Å². The lowest BCUT2D eigenvalue weighted by molar-refractivity contribution is -0.117. The number of amides is 1. The molecule has 1 unspecified atom stereocenters. The maximum absolute atomic E-state index is 13.0. The number of unbranched alkanes of at least 4 members (excludes halogenated alkanes) is 1. The first-order chi connectivity index (χ1) is 12.4. The van der Waals surface area contributed by atoms with Crippen LogP contribution in [0.2, 0.25) is 0 Å². The van der Waals surface area contributed by atoms with Gasteiger partial charge in [0.05, 0.1) is 15.8 Å². The Labute approximate surface area is 155 Å². The summed E-state index contributed by atoms with van der Waals surface area (Å²) in [7, 11) is -3.65. The standard InChI is InChI=1S/C20H26N2O3S/c1-3-5-8-15-9-6-11-17(13-15)26(24,25)18-12-7-10-16(14-18)22-20(23)19(21)4-2/h6-7,9-14,19H,3-5,8,21H2,1-2H3,(H,22,23). The fraction of sp³-hybridized carbons (Fsp3) is 0.350. The molecule has 0 aliphatic rings. The molecule has 0 saturated carbocycles. The third kappa shape index (κ3) is 4.93. The summed E-state index contributed by atoms with van der Waals surface area (Å²) in [6, 6.07) is 12.7. The SMILES string of the molecule is CCCCc1cccc(S(=O)(=O)c2cccc(NC(=O)C(N)CC)c2)c1. The Morgan fingerprint density at radius 3 is 2.38 bits per heavy atom. The highest BCUT2D eigenvalue weighted by Gasteiger charge is 2.19. The van der Waals surface area contributed by atoms with E-state index in [4.69, 9.17) is 5.73 Å². The number of rotatable bonds is 8. The molecule has 140 valence electrons. The molecule has 2 aromatic rings. The van der Waals surface area contributed by atoms with Gasteiger partial charge in [-0.1, -0.05) is 38.5 Å². The molecule has 2 aromatic carbocycles. The van der Waals surface area contributed by atoms with Gasteiger partial charge in [0.15, 0.2) is 0 Å². The van der Waals surface area contributed by atoms with E-state index in [0.29, 0.717) is 12.1 Å². The number of nitrogens with one attached hydrogen (secondary N) is 1. The van der Waals surface area contributed by atoms with Crippen LogP contribution in [-0.2, 0) is 21.1 Å². The minimum atomic E-state index is -3.65. The summed E-state index contributed by atoms with van der Waals surface area (Å²) in [6.07, 6.45) is 3.43. The maximum Gasteiger partial charge on any atom is 0.241 e. The summed E-state index contributed by atoms with van der Waals surface area (Å²) in [5, 5.41) is 2.67. The Bertz CT molecular complexity index is 863. The van der Waals surface area contributed by atoms with Crippen LogP contribution in [0.3, 0.4) is 0 Å². The van der Waals surface area contributed by atoms with Gasteiger partial charge < -0.3 is 11.1 Å². The highest BCUT2D eigenvalue weighted by Crippen LogP contribution is 2.24. The van der Waals surface area contributed by atoms with Crippen LogP contribution in [0.25, 0.3) is 0 Å². The van der Waals surface area contributed by atoms with E-state index < -0.39 is 15.9 Å². The van der Waals surface area contributed by atoms with Crippen molar-refractivity contribution >= 4 is 21.4 Å². The minimum absolute atomic E-state index is 0.146. The Balaban J connectivity index is 2.29. The van der Waals surface area contributed by atoms with E-state index in [0.717, 1.165) is 24.8 Å². The van der Waals surface area contributed by atoms with Crippen LogP contribution in [0.15, 0.2) is 58.3 Å². The minimum Gasteiger partial charge on any atom is -0.325 e. The van der Waals surface area contributed by atoms with Crippen molar-refractivity contribution in [2.75, 3.05) is 5.32 Å². The molecular weight excluding hydrogens is 348 g/mol. The van der Waals surface area contributed by atoms with Crippen LogP contribution in [0.4, 0.5) is 5.69 Å². The third-order valence-electron chi connectivity index (χ3n) is 4.22. The van der Waals surface area contributed by atoms with Crippen molar-refractivity contribution in [1.29, 1.82) is 0 Å². The molecular formula is C20H26N2O3S. The lowest BCUT2D eigenvalue weighted by Crippen LogP contribution is -2.34. The second kappa shape index (κ2) is 8.96. The summed E-state index contributed by atoms with van der Waals surface area (Å²) < 4.78 is 25.9. The van der Waals surface area contributed by atoms with Crippen LogP contribution in [0.5, 0.6) is 0 Å². The molecule has 1 atom stereocenters. The van der Waals surface area contributed by atoms with Gasteiger partial charge in [-0.15, -0.1) is 0 Å². The number of anilines is 1. The summed E-state index contributed by atoms with van der Waals surface area (Å²) in [5.41, 5.74) is 7.13. The molecule has 0 radical (unpaired) electrons. The van der Waals surface area contributed by atoms with Gasteiger partial charge in [0.1, 0.15) is 0 Å². The zero-order chi connectivity index (χ0) is 19.2. The van der Waals surface area contributed by atoms with Crippen LogP contribution in [0, 0.1) is 0 Å². The van der Waals surface area contributed by atoms with Crippen LogP contribution < -0.4 is 11.1 Å². The topological polar surface area (TPSA) is 89.3 Å². The average molecular weight is 375 g/mol. The summed E-state index contributed by atoms with van der Waals surface area (Å²) in [5.74, 6) is -0.330. The molecule has 0 aliphatic heterocycles. The number of aryl methyl sites for hydroxylation is 1. The highest BCUT2D eigenvalue weighted by molar-refractivity contribution is 7.91. The zero-order valence-corrected chi connectivity index (χ0v) is 16.1. The summed E-state index contributed by atoms with van der Waals surface area (Å²) in [6.45, 7) is 3.92. The van der Waals surface area contributed by atoms with Crippen molar-refractivity contribution in [3.8, 4) is 0 Å². The van der Waals surface area contributed by atoms with Gasteiger partial charge in [0, 0.05) is 5.69 Å². The molecule has 0 fully saturated rings. The fourth-order valence-corrected chi connectivity index (χ4v) is 3.92. The van der Waals surface area contributed by atoms with Gasteiger partial charge in [-0.25, -0.2) is 8.42 Å². The highest BCUT2D eigenvalue weighted by atomic mass is 32.2. The van der Waals surface area contributed by atoms with Crippen LogP contribution >= 0.6 is 0 Å². The first-order valence-corrected chi connectivity index (χ1v) is 10.4. The van der Waals surface area contributed by atoms with E-state index in [-0.39, 0.29) is 15.7 Å². The molecule has 0 heterocycles. The zero-order valence-electron chi connectivity index (χ0n) is 15.2. The second-order valence-electron chi connectivity index (χ2n) is 6.29. The van der Waals surface area contributed by atoms with Crippen LogP contribution in [-0.4, -0.2) is 20.4 Å². The number of nitrogens with two attached hydrogens (primary N) is 1. The van der Waals surface area contributed by atoms with E-state index >= 15 is 0 Å². The number of carbonyl (C=O) groups excluding carboxylic acids is 1. The predicted octanol–water partition coefficient (Wildman–Crippen LogP) is 3.54. The first-order valence-electron chi connectivity index (χ1n) is 8.89. The van der Waals surface area contributed by atoms with Crippen molar-refractivity contribution in [1.82, 2.24) is 0 Å². The Morgan fingerprint density at radius 1 is 1.08 bits per heavy atom. The van der Waals surface area contributed by atoms with Crippen molar-refractivity contribution < 1.29 is 13.2 Å². The van der Waals surface area contributed by atoms with E-state index in [1.165, 1.54) is 12.1 Å². The molecule has 0 saturated heterocycles. The van der Waals surface area contributed by atoms with Gasteiger partial charge >= 0.3 is 0 Å². The Hall–Kier alpha value is -2.18. The van der Waals surface area contributed by atoms with Crippen molar-refractivity contribution in [2.45, 2.75) is 55.4 Å². The molecule has 0 spiro atoms. The van der Waals surface area contributed by atoms with Gasteiger partial charge in [-0.3, -0.25) is 4.79 Å². The number of hydrogen-bond donors (Lipinski definition) is 2. The quantitative estimate of drug-likeness (QED) is 0.739. The summed E-state index contributed by atoms with van der Waals surface area (Å²) in [4.78, 5) is 12.3. The van der Waals surface area contributed by atoms with Gasteiger partial charge in [0.25, 0.3) is 0 Å². The smallest absolute Gasteiger partial charge is 0.241 e. The largest absolute Gasteiger partial charge is 0.325 e. The third-order valence-corrected chi connectivity index (χ3v) is 5.97. The van der Waals surface area contributed by atoms with Gasteiger partial charge in [-0.05, 0) is 55.2 Å². The van der Waals surface area contributed by atoms with E-state index in [2.05, 4.69) is 12.2 Å². The van der Waals surface area contributed by atoms with Crippen molar-refractivity contribution in [3.63, 3.8) is 0 Å². The normalized spacial score (nSPS) is 12.6. The lowest BCUT2D eigenvalue weighted by Gasteiger charge is -2.12. The van der Waals surface area contributed by atoms with E-state index in [9.17, 15) is 13.2 Å². The van der Waals surface area contributed by atoms with E-state index in [1.807, 2.05) is 13.0 Å². The van der Waals surface area contributed by atoms with Gasteiger partial charge in [-0.2, -0.15) is 0 Å². The monoisotopic (exact) mass is 374 g/mol. The van der Waals surface area contributed by atoms with Gasteiger partial charge in [0.2, 0.25) is 15.7 Å². The number of carbonyl (C=O) groups is 1. The van der Waals surface area contributed by atoms with Crippen molar-refractivity contribution in [3.05, 3.63) is 54.1 Å². The molecule has 6 heteroatoms. The lowest BCUT2D eigenvalue weighted by atomic mass is 10.1. The Morgan fingerprint density at radius 2 is 1.73 bits per heavy atom. The molecule has 26 heavy (non-hydrogen) atoms. The van der Waals surface area contributed by atoms with E-state index in [1.54, 1.807) is 30.3 Å². The molecule has 5 nitrogen and oxygen atoms in total. The molecule has 0 aliphatic carbocycles. The number of sulfone groups is 1.